The van der Waals surface area contributed by atoms with Crippen molar-refractivity contribution in [2.75, 3.05) is 0 Å². The van der Waals surface area contributed by atoms with Gasteiger partial charge in [0.2, 0.25) is 0 Å². The second-order valence-corrected chi connectivity index (χ2v) is 8.83. The van der Waals surface area contributed by atoms with Gasteiger partial charge >= 0.3 is 5.97 Å². The third kappa shape index (κ3) is 2.49. The Hall–Kier alpha value is -2.39. The molecule has 0 amide bonds. The fourth-order valence-electron chi connectivity index (χ4n) is 6.11. The minimum Gasteiger partial charge on any atom is -0.461 e. The number of benzene rings is 2. The molecule has 28 heavy (non-hydrogen) atoms. The highest BCUT2D eigenvalue weighted by Gasteiger charge is 2.50. The number of ether oxygens (including phenoxy) is 1. The van der Waals surface area contributed by atoms with Gasteiger partial charge in [-0.15, -0.1) is 0 Å². The van der Waals surface area contributed by atoms with Crippen LogP contribution in [0.5, 0.6) is 0 Å². The van der Waals surface area contributed by atoms with Gasteiger partial charge in [0.15, 0.2) is 0 Å². The fraction of sp³-hybridized carbons (Fsp3) is 0.400. The lowest BCUT2D eigenvalue weighted by atomic mass is 9.90. The maximum Gasteiger partial charge on any atom is 0.324 e. The van der Waals surface area contributed by atoms with Crippen molar-refractivity contribution in [1.82, 2.24) is 4.90 Å². The molecule has 1 heterocycles. The smallest absolute Gasteiger partial charge is 0.324 e. The maximum atomic E-state index is 13.3. The van der Waals surface area contributed by atoms with Crippen LogP contribution in [0.25, 0.3) is 0 Å². The van der Waals surface area contributed by atoms with Gasteiger partial charge in [0.1, 0.15) is 12.1 Å². The van der Waals surface area contributed by atoms with Gasteiger partial charge in [0.05, 0.1) is 0 Å². The molecule has 0 aromatic heterocycles. The summed E-state index contributed by atoms with van der Waals surface area (Å²) in [7, 11) is 0. The highest BCUT2D eigenvalue weighted by Crippen LogP contribution is 2.54. The third-order valence-electron chi connectivity index (χ3n) is 7.34. The van der Waals surface area contributed by atoms with E-state index in [2.05, 4.69) is 65.6 Å². The molecule has 3 aliphatic carbocycles. The Morgan fingerprint density at radius 2 is 1.71 bits per heavy atom. The standard InChI is InChI=1S/C25H25NO2/c27-25(28-23-14-18-13-22(23)21-9-5-4-8-20(18)21)24-17-10-11-19(12-17)26(24)15-16-6-2-1-3-7-16/h1-11,17-19,22-24H,12-15H2/t17-,18+,19+,22+,23+,24-/m0/s1. The number of hydrogen-bond donors (Lipinski definition) is 0. The number of rotatable bonds is 4. The van der Waals surface area contributed by atoms with E-state index in [-0.39, 0.29) is 18.1 Å². The minimum absolute atomic E-state index is 0.0113. The Morgan fingerprint density at radius 1 is 0.929 bits per heavy atom. The minimum atomic E-state index is -0.135. The zero-order valence-electron chi connectivity index (χ0n) is 15.9. The molecule has 4 aliphatic rings. The van der Waals surface area contributed by atoms with Crippen LogP contribution in [0.1, 0.15) is 47.8 Å². The second kappa shape index (κ2) is 6.31. The lowest BCUT2D eigenvalue weighted by Gasteiger charge is -2.33. The molecule has 3 heteroatoms. The van der Waals surface area contributed by atoms with Gasteiger partial charge in [-0.2, -0.15) is 0 Å². The molecule has 0 unspecified atom stereocenters. The maximum absolute atomic E-state index is 13.3. The summed E-state index contributed by atoms with van der Waals surface area (Å²) in [4.78, 5) is 15.6. The van der Waals surface area contributed by atoms with Crippen molar-refractivity contribution in [3.05, 3.63) is 83.4 Å². The van der Waals surface area contributed by atoms with Crippen LogP contribution in [0, 0.1) is 5.92 Å². The first-order chi connectivity index (χ1) is 13.8. The van der Waals surface area contributed by atoms with Crippen LogP contribution in [-0.4, -0.2) is 29.1 Å². The van der Waals surface area contributed by atoms with Crippen LogP contribution in [0.15, 0.2) is 66.7 Å². The summed E-state index contributed by atoms with van der Waals surface area (Å²) in [5.74, 6) is 1.25. The van der Waals surface area contributed by atoms with E-state index >= 15 is 0 Å². The average molecular weight is 371 g/mol. The molecule has 3 nitrogen and oxygen atoms in total. The summed E-state index contributed by atoms with van der Waals surface area (Å²) in [6.07, 6.45) is 7.73. The fourth-order valence-corrected chi connectivity index (χ4v) is 6.11. The molecule has 4 bridgehead atoms. The normalized spacial score (nSPS) is 34.7. The molecule has 2 aromatic carbocycles. The molecule has 0 spiro atoms. The van der Waals surface area contributed by atoms with Crippen LogP contribution >= 0.6 is 0 Å². The van der Waals surface area contributed by atoms with Crippen molar-refractivity contribution in [2.24, 2.45) is 5.92 Å². The molecule has 1 saturated heterocycles. The van der Waals surface area contributed by atoms with Crippen molar-refractivity contribution >= 4 is 5.97 Å². The highest BCUT2D eigenvalue weighted by molar-refractivity contribution is 5.78. The summed E-state index contributed by atoms with van der Waals surface area (Å²) < 4.78 is 6.19. The number of hydrogen-bond acceptors (Lipinski definition) is 3. The summed E-state index contributed by atoms with van der Waals surface area (Å²) in [5, 5.41) is 0. The summed E-state index contributed by atoms with van der Waals surface area (Å²) in [6.45, 7) is 0.811. The van der Waals surface area contributed by atoms with E-state index in [9.17, 15) is 4.79 Å². The zero-order valence-corrected chi connectivity index (χ0v) is 15.9. The van der Waals surface area contributed by atoms with Gasteiger partial charge in [-0.3, -0.25) is 9.69 Å². The van der Waals surface area contributed by atoms with E-state index in [4.69, 9.17) is 4.74 Å². The van der Waals surface area contributed by atoms with Crippen LogP contribution in [0.3, 0.4) is 0 Å². The van der Waals surface area contributed by atoms with Crippen molar-refractivity contribution in [1.29, 1.82) is 0 Å². The Bertz CT molecular complexity index is 937. The molecule has 0 radical (unpaired) electrons. The second-order valence-electron chi connectivity index (χ2n) is 8.83. The van der Waals surface area contributed by atoms with Gasteiger partial charge in [0.25, 0.3) is 0 Å². The highest BCUT2D eigenvalue weighted by atomic mass is 16.5. The van der Waals surface area contributed by atoms with Crippen molar-refractivity contribution in [3.63, 3.8) is 0 Å². The zero-order chi connectivity index (χ0) is 18.7. The SMILES string of the molecule is O=C(O[C@@H]1C[C@H]2C[C@@H]1c1ccccc12)[C@@H]1[C@H]2C=C[C@H](C2)N1Cc1ccccc1. The lowest BCUT2D eigenvalue weighted by Crippen LogP contribution is -2.45. The molecule has 1 aliphatic heterocycles. The number of carbonyl (C=O) groups excluding carboxylic acids is 1. The molecule has 1 saturated carbocycles. The summed E-state index contributed by atoms with van der Waals surface area (Å²) in [5.41, 5.74) is 4.15. The first-order valence-electron chi connectivity index (χ1n) is 10.6. The number of fused-ring (bicyclic) bond motifs is 7. The van der Waals surface area contributed by atoms with Gasteiger partial charge in [-0.05, 0) is 41.9 Å². The molecule has 6 atom stereocenters. The molecule has 6 rings (SSSR count). The van der Waals surface area contributed by atoms with Crippen LogP contribution in [0.4, 0.5) is 0 Å². The summed E-state index contributed by atoms with van der Waals surface area (Å²) in [6, 6.07) is 19.4. The number of esters is 1. The van der Waals surface area contributed by atoms with Gasteiger partial charge in [-0.1, -0.05) is 66.7 Å². The van der Waals surface area contributed by atoms with E-state index in [1.165, 1.54) is 16.7 Å². The molecule has 142 valence electrons. The Kier molecular flexibility index (Phi) is 3.73. The van der Waals surface area contributed by atoms with E-state index in [1.807, 2.05) is 6.07 Å². The first kappa shape index (κ1) is 16.6. The van der Waals surface area contributed by atoms with Crippen molar-refractivity contribution in [2.45, 2.75) is 55.8 Å². The van der Waals surface area contributed by atoms with E-state index in [0.717, 1.165) is 25.8 Å². The quantitative estimate of drug-likeness (QED) is 0.589. The average Bonchev–Trinajstić information content (AvgIpc) is 3.49. The molecular weight excluding hydrogens is 346 g/mol. The van der Waals surface area contributed by atoms with Gasteiger partial charge in [-0.25, -0.2) is 0 Å². The predicted octanol–water partition coefficient (Wildman–Crippen LogP) is 4.40. The Balaban J connectivity index is 1.21. The van der Waals surface area contributed by atoms with Crippen molar-refractivity contribution < 1.29 is 9.53 Å². The van der Waals surface area contributed by atoms with Crippen LogP contribution in [0.2, 0.25) is 0 Å². The van der Waals surface area contributed by atoms with E-state index < -0.39 is 0 Å². The molecule has 2 fully saturated rings. The van der Waals surface area contributed by atoms with E-state index in [1.54, 1.807) is 0 Å². The lowest BCUT2D eigenvalue weighted by molar-refractivity contribution is -0.156. The van der Waals surface area contributed by atoms with Crippen LogP contribution < -0.4 is 0 Å². The molecule has 0 N–H and O–H groups in total. The largest absolute Gasteiger partial charge is 0.461 e. The monoisotopic (exact) mass is 371 g/mol. The first-order valence-corrected chi connectivity index (χ1v) is 10.6. The van der Waals surface area contributed by atoms with E-state index in [0.29, 0.717) is 23.8 Å². The molecular formula is C25H25NO2. The number of nitrogens with zero attached hydrogens (tertiary/aromatic N) is 1. The Morgan fingerprint density at radius 3 is 2.57 bits per heavy atom. The predicted molar refractivity (Wildman–Crippen MR) is 108 cm³/mol. The number of likely N-dealkylation sites (tertiary alicyclic amines) is 1. The molecule has 2 aromatic rings. The van der Waals surface area contributed by atoms with Crippen molar-refractivity contribution in [3.8, 4) is 0 Å². The Labute approximate surface area is 166 Å². The summed E-state index contributed by atoms with van der Waals surface area (Å²) >= 11 is 0. The topological polar surface area (TPSA) is 29.5 Å². The third-order valence-corrected chi connectivity index (χ3v) is 7.34. The number of carbonyl (C=O) groups is 1. The van der Waals surface area contributed by atoms with Gasteiger partial charge < -0.3 is 4.74 Å². The van der Waals surface area contributed by atoms with Crippen LogP contribution in [-0.2, 0) is 16.1 Å². The van der Waals surface area contributed by atoms with Gasteiger partial charge in [0, 0.05) is 24.4 Å².